The van der Waals surface area contributed by atoms with Gasteiger partial charge in [-0.2, -0.15) is 0 Å². The van der Waals surface area contributed by atoms with Crippen molar-refractivity contribution in [2.45, 2.75) is 6.54 Å². The van der Waals surface area contributed by atoms with Crippen molar-refractivity contribution >= 4 is 22.9 Å². The van der Waals surface area contributed by atoms with Crippen molar-refractivity contribution < 1.29 is 0 Å². The van der Waals surface area contributed by atoms with Crippen molar-refractivity contribution in [1.29, 1.82) is 0 Å². The molecule has 0 saturated carbocycles. The largest absolute Gasteiger partial charge is 0.331 e. The predicted molar refractivity (Wildman–Crippen MR) is 81.8 cm³/mol. The predicted octanol–water partition coefficient (Wildman–Crippen LogP) is 3.69. The zero-order valence-electron chi connectivity index (χ0n) is 10.5. The third kappa shape index (κ3) is 2.60. The quantitative estimate of drug-likeness (QED) is 0.691. The molecule has 0 aliphatic rings. The maximum absolute atomic E-state index is 5.90. The molecule has 0 bridgehead atoms. The van der Waals surface area contributed by atoms with E-state index < -0.39 is 0 Å². The summed E-state index contributed by atoms with van der Waals surface area (Å²) in [6.07, 6.45) is 10.9. The molecule has 3 aromatic rings. The van der Waals surface area contributed by atoms with Crippen LogP contribution in [0.4, 0.5) is 0 Å². The molecule has 1 aromatic carbocycles. The van der Waals surface area contributed by atoms with Gasteiger partial charge in [0, 0.05) is 23.0 Å². The molecule has 0 spiro atoms. The molecule has 0 amide bonds. The van der Waals surface area contributed by atoms with Gasteiger partial charge in [-0.15, -0.1) is 17.8 Å². The van der Waals surface area contributed by atoms with Gasteiger partial charge in [0.1, 0.15) is 9.88 Å². The average Bonchev–Trinajstić information content (AvgIpc) is 3.10. The summed E-state index contributed by atoms with van der Waals surface area (Å²) < 4.78 is 1.95. The number of benzene rings is 1. The number of aromatic nitrogens is 3. The van der Waals surface area contributed by atoms with Crippen LogP contribution in [0.3, 0.4) is 0 Å². The van der Waals surface area contributed by atoms with Crippen LogP contribution in [0.25, 0.3) is 10.6 Å². The van der Waals surface area contributed by atoms with E-state index in [2.05, 4.69) is 15.9 Å². The molecule has 0 radical (unpaired) electrons. The molecule has 0 unspecified atom stereocenters. The normalized spacial score (nSPS) is 10.4. The summed E-state index contributed by atoms with van der Waals surface area (Å²) in [6.45, 7) is 0.629. The minimum Gasteiger partial charge on any atom is -0.331 e. The maximum atomic E-state index is 5.90. The number of halogens is 1. The van der Waals surface area contributed by atoms with Gasteiger partial charge in [0.2, 0.25) is 0 Å². The molecule has 0 saturated heterocycles. The number of imidazole rings is 1. The highest BCUT2D eigenvalue weighted by Gasteiger charge is 2.11. The average molecular weight is 300 g/mol. The summed E-state index contributed by atoms with van der Waals surface area (Å²) in [5.74, 6) is 2.71. The van der Waals surface area contributed by atoms with Crippen molar-refractivity contribution in [3.63, 3.8) is 0 Å². The number of hydrogen-bond donors (Lipinski definition) is 0. The zero-order chi connectivity index (χ0) is 13.9. The Labute approximate surface area is 125 Å². The number of hydrogen-bond acceptors (Lipinski definition) is 3. The monoisotopic (exact) mass is 299 g/mol. The first kappa shape index (κ1) is 12.9. The summed E-state index contributed by atoms with van der Waals surface area (Å²) in [4.78, 5) is 9.51. The molecule has 2 heterocycles. The highest BCUT2D eigenvalue weighted by Crippen LogP contribution is 2.29. The molecule has 0 N–H and O–H groups in total. The Balaban J connectivity index is 1.96. The van der Waals surface area contributed by atoms with Crippen LogP contribution in [0.5, 0.6) is 0 Å². The van der Waals surface area contributed by atoms with Crippen LogP contribution in [0.15, 0.2) is 43.0 Å². The smallest absolute Gasteiger partial charge is 0.124 e. The second-order valence-corrected chi connectivity index (χ2v) is 5.62. The van der Waals surface area contributed by atoms with E-state index in [0.29, 0.717) is 11.6 Å². The van der Waals surface area contributed by atoms with Gasteiger partial charge in [-0.3, -0.25) is 0 Å². The third-order valence-electron chi connectivity index (χ3n) is 2.81. The molecule has 0 aliphatic heterocycles. The first-order chi connectivity index (χ1) is 9.76. The van der Waals surface area contributed by atoms with Crippen LogP contribution >= 0.6 is 22.9 Å². The molecule has 0 fully saturated rings. The Bertz CT molecular complexity index is 752. The maximum Gasteiger partial charge on any atom is 0.124 e. The van der Waals surface area contributed by atoms with E-state index in [4.69, 9.17) is 18.0 Å². The van der Waals surface area contributed by atoms with Crippen molar-refractivity contribution in [3.05, 3.63) is 58.6 Å². The summed E-state index contributed by atoms with van der Waals surface area (Å²) in [5.41, 5.74) is 1.91. The summed E-state index contributed by atoms with van der Waals surface area (Å²) in [5, 5.41) is 1.62. The van der Waals surface area contributed by atoms with Gasteiger partial charge in [0.25, 0.3) is 0 Å². The fraction of sp³-hybridized carbons (Fsp3) is 0.0667. The molecule has 5 heteroatoms. The lowest BCUT2D eigenvalue weighted by molar-refractivity contribution is 0.778. The second-order valence-electron chi connectivity index (χ2n) is 4.18. The molecule has 2 aromatic heterocycles. The van der Waals surface area contributed by atoms with E-state index in [-0.39, 0.29) is 0 Å². The summed E-state index contributed by atoms with van der Waals surface area (Å²) in [6, 6.07) is 7.59. The second kappa shape index (κ2) is 5.49. The Morgan fingerprint density at radius 3 is 2.75 bits per heavy atom. The topological polar surface area (TPSA) is 30.7 Å². The standard InChI is InChI=1S/C15H10ClN3S/c1-2-14-13(9-19-8-7-17-10-19)18-15(20-14)11-3-5-12(16)6-4-11/h1,3-8,10H,9H2. The van der Waals surface area contributed by atoms with Crippen LogP contribution in [0.1, 0.15) is 10.6 Å². The van der Waals surface area contributed by atoms with Gasteiger partial charge in [-0.25, -0.2) is 9.97 Å². The van der Waals surface area contributed by atoms with Gasteiger partial charge < -0.3 is 4.57 Å². The lowest BCUT2D eigenvalue weighted by atomic mass is 10.2. The van der Waals surface area contributed by atoms with Crippen molar-refractivity contribution in [2.24, 2.45) is 0 Å². The van der Waals surface area contributed by atoms with Crippen LogP contribution in [-0.4, -0.2) is 14.5 Å². The molecular formula is C15H10ClN3S. The first-order valence-electron chi connectivity index (χ1n) is 5.94. The molecule has 20 heavy (non-hydrogen) atoms. The lowest BCUT2D eigenvalue weighted by Gasteiger charge is -1.98. The van der Waals surface area contributed by atoms with E-state index in [0.717, 1.165) is 21.1 Å². The van der Waals surface area contributed by atoms with E-state index in [9.17, 15) is 0 Å². The number of rotatable bonds is 3. The molecule has 3 rings (SSSR count). The third-order valence-corrected chi connectivity index (χ3v) is 4.14. The highest BCUT2D eigenvalue weighted by molar-refractivity contribution is 7.15. The summed E-state index contributed by atoms with van der Waals surface area (Å²) >= 11 is 7.41. The van der Waals surface area contributed by atoms with Gasteiger partial charge >= 0.3 is 0 Å². The molecule has 0 aliphatic carbocycles. The van der Waals surface area contributed by atoms with E-state index in [1.165, 1.54) is 11.3 Å². The fourth-order valence-corrected chi connectivity index (χ4v) is 2.86. The molecular weight excluding hydrogens is 290 g/mol. The minimum atomic E-state index is 0.629. The van der Waals surface area contributed by atoms with E-state index >= 15 is 0 Å². The van der Waals surface area contributed by atoms with Crippen LogP contribution in [0, 0.1) is 12.3 Å². The number of thiazole rings is 1. The number of nitrogens with zero attached hydrogens (tertiary/aromatic N) is 3. The van der Waals surface area contributed by atoms with Gasteiger partial charge in [0.15, 0.2) is 0 Å². The van der Waals surface area contributed by atoms with E-state index in [1.807, 2.05) is 35.0 Å². The zero-order valence-corrected chi connectivity index (χ0v) is 12.0. The highest BCUT2D eigenvalue weighted by atomic mass is 35.5. The van der Waals surface area contributed by atoms with Gasteiger partial charge in [-0.05, 0) is 12.1 Å². The molecule has 3 nitrogen and oxygen atoms in total. The summed E-state index contributed by atoms with van der Waals surface area (Å²) in [7, 11) is 0. The molecule has 0 atom stereocenters. The van der Waals surface area contributed by atoms with Crippen LogP contribution < -0.4 is 0 Å². The van der Waals surface area contributed by atoms with Crippen LogP contribution in [-0.2, 0) is 6.54 Å². The Kier molecular flexibility index (Phi) is 3.55. The molecule has 98 valence electrons. The van der Waals surface area contributed by atoms with Crippen molar-refractivity contribution in [1.82, 2.24) is 14.5 Å². The Morgan fingerprint density at radius 1 is 1.30 bits per heavy atom. The SMILES string of the molecule is C#Cc1sc(-c2ccc(Cl)cc2)nc1Cn1ccnc1. The van der Waals surface area contributed by atoms with Gasteiger partial charge in [0.05, 0.1) is 18.6 Å². The lowest BCUT2D eigenvalue weighted by Crippen LogP contribution is -1.98. The first-order valence-corrected chi connectivity index (χ1v) is 7.13. The Hall–Kier alpha value is -2.09. The fourth-order valence-electron chi connectivity index (χ4n) is 1.84. The van der Waals surface area contributed by atoms with Crippen molar-refractivity contribution in [3.8, 4) is 22.9 Å². The van der Waals surface area contributed by atoms with E-state index in [1.54, 1.807) is 12.5 Å². The van der Waals surface area contributed by atoms with Crippen LogP contribution in [0.2, 0.25) is 5.02 Å². The Morgan fingerprint density at radius 2 is 2.10 bits per heavy atom. The van der Waals surface area contributed by atoms with Crippen molar-refractivity contribution in [2.75, 3.05) is 0 Å². The minimum absolute atomic E-state index is 0.629. The number of terminal acetylenes is 1. The van der Waals surface area contributed by atoms with Gasteiger partial charge in [-0.1, -0.05) is 29.7 Å².